The third-order valence-corrected chi connectivity index (χ3v) is 5.53. The van der Waals surface area contributed by atoms with E-state index in [1.54, 1.807) is 30.0 Å². The standard InChI is InChI=1S/C18H17F2N3O5S/c19-18(20)8-11(9-24)28-16(18)23-4-3-14(22-17(23)26)21-15(25)10-1-2-13-12(7-10)27-5-6-29-13/h1-4,7,11,16,24H,5-6,8-9H2,(H,21,22,25,26). The zero-order valence-corrected chi connectivity index (χ0v) is 15.8. The molecule has 29 heavy (non-hydrogen) atoms. The number of nitrogens with one attached hydrogen (secondary N) is 1. The van der Waals surface area contributed by atoms with Gasteiger partial charge >= 0.3 is 5.69 Å². The monoisotopic (exact) mass is 425 g/mol. The molecular formula is C18H17F2N3O5S. The Labute approximate surface area is 167 Å². The van der Waals surface area contributed by atoms with Crippen molar-refractivity contribution < 1.29 is 28.2 Å². The molecule has 0 saturated carbocycles. The maximum atomic E-state index is 14.1. The van der Waals surface area contributed by atoms with E-state index < -0.39 is 42.9 Å². The molecule has 2 atom stereocenters. The van der Waals surface area contributed by atoms with Crippen LogP contribution in [0.15, 0.2) is 40.2 Å². The van der Waals surface area contributed by atoms with Crippen molar-refractivity contribution in [2.24, 2.45) is 0 Å². The summed E-state index contributed by atoms with van der Waals surface area (Å²) in [7, 11) is 0. The fraction of sp³-hybridized carbons (Fsp3) is 0.389. The van der Waals surface area contributed by atoms with E-state index in [4.69, 9.17) is 14.6 Å². The van der Waals surface area contributed by atoms with E-state index in [2.05, 4.69) is 10.3 Å². The van der Waals surface area contributed by atoms with Gasteiger partial charge in [-0.1, -0.05) is 0 Å². The molecule has 1 amide bonds. The Morgan fingerprint density at radius 3 is 2.97 bits per heavy atom. The number of amides is 1. The van der Waals surface area contributed by atoms with Crippen molar-refractivity contribution in [3.63, 3.8) is 0 Å². The second-order valence-electron chi connectivity index (χ2n) is 6.57. The topological polar surface area (TPSA) is 103 Å². The number of ether oxygens (including phenoxy) is 2. The lowest BCUT2D eigenvalue weighted by molar-refractivity contribution is -0.120. The average molecular weight is 425 g/mol. The molecule has 0 spiro atoms. The molecule has 2 unspecified atom stereocenters. The van der Waals surface area contributed by atoms with Gasteiger partial charge in [-0.05, 0) is 24.3 Å². The number of alkyl halides is 2. The lowest BCUT2D eigenvalue weighted by Gasteiger charge is -2.20. The number of anilines is 1. The van der Waals surface area contributed by atoms with Crippen LogP contribution in [0.4, 0.5) is 14.6 Å². The minimum Gasteiger partial charge on any atom is -0.492 e. The van der Waals surface area contributed by atoms with Crippen LogP contribution in [0.25, 0.3) is 0 Å². The van der Waals surface area contributed by atoms with Crippen molar-refractivity contribution >= 4 is 23.5 Å². The summed E-state index contributed by atoms with van der Waals surface area (Å²) in [5.74, 6) is -2.48. The molecule has 8 nitrogen and oxygen atoms in total. The average Bonchev–Trinajstić information content (AvgIpc) is 3.02. The summed E-state index contributed by atoms with van der Waals surface area (Å²) in [5.41, 5.74) is -0.690. The maximum absolute atomic E-state index is 14.1. The van der Waals surface area contributed by atoms with E-state index in [1.807, 2.05) is 0 Å². The predicted molar refractivity (Wildman–Crippen MR) is 99.7 cm³/mol. The Bertz CT molecular complexity index is 1000. The van der Waals surface area contributed by atoms with Gasteiger partial charge in [0.2, 0.25) is 6.23 Å². The van der Waals surface area contributed by atoms with Crippen LogP contribution < -0.4 is 15.7 Å². The van der Waals surface area contributed by atoms with Crippen molar-refractivity contribution in [2.45, 2.75) is 29.6 Å². The highest BCUT2D eigenvalue weighted by Crippen LogP contribution is 2.41. The first-order chi connectivity index (χ1) is 13.9. The molecule has 2 aromatic rings. The van der Waals surface area contributed by atoms with Gasteiger partial charge < -0.3 is 19.9 Å². The fourth-order valence-electron chi connectivity index (χ4n) is 3.14. The summed E-state index contributed by atoms with van der Waals surface area (Å²) in [4.78, 5) is 29.3. The van der Waals surface area contributed by atoms with Gasteiger partial charge in [0.15, 0.2) is 0 Å². The van der Waals surface area contributed by atoms with Gasteiger partial charge in [-0.25, -0.2) is 13.6 Å². The van der Waals surface area contributed by atoms with Crippen molar-refractivity contribution in [1.82, 2.24) is 9.55 Å². The van der Waals surface area contributed by atoms with Crippen molar-refractivity contribution in [3.8, 4) is 5.75 Å². The number of aromatic nitrogens is 2. The van der Waals surface area contributed by atoms with Crippen LogP contribution in [0, 0.1) is 0 Å². The molecule has 1 aromatic heterocycles. The zero-order chi connectivity index (χ0) is 20.6. The number of aliphatic hydroxyl groups excluding tert-OH is 1. The number of rotatable bonds is 4. The van der Waals surface area contributed by atoms with Crippen molar-refractivity contribution in [3.05, 3.63) is 46.5 Å². The Morgan fingerprint density at radius 2 is 2.24 bits per heavy atom. The Morgan fingerprint density at radius 1 is 1.41 bits per heavy atom. The van der Waals surface area contributed by atoms with Gasteiger partial charge in [0, 0.05) is 28.8 Å². The summed E-state index contributed by atoms with van der Waals surface area (Å²) in [5, 5.41) is 11.5. The Hall–Kier alpha value is -2.50. The van der Waals surface area contributed by atoms with Crippen LogP contribution in [0.5, 0.6) is 5.75 Å². The van der Waals surface area contributed by atoms with Crippen LogP contribution in [0.2, 0.25) is 0 Å². The van der Waals surface area contributed by atoms with Gasteiger partial charge in [-0.3, -0.25) is 9.36 Å². The highest BCUT2D eigenvalue weighted by atomic mass is 32.2. The number of carbonyl (C=O) groups is 1. The molecule has 2 N–H and O–H groups in total. The lowest BCUT2D eigenvalue weighted by atomic mass is 10.2. The number of fused-ring (bicyclic) bond motifs is 1. The fourth-order valence-corrected chi connectivity index (χ4v) is 3.96. The zero-order valence-electron chi connectivity index (χ0n) is 15.0. The van der Waals surface area contributed by atoms with Crippen LogP contribution in [-0.2, 0) is 4.74 Å². The normalized spacial score (nSPS) is 22.6. The van der Waals surface area contributed by atoms with E-state index in [-0.39, 0.29) is 5.82 Å². The predicted octanol–water partition coefficient (Wildman–Crippen LogP) is 1.90. The second kappa shape index (κ2) is 7.73. The maximum Gasteiger partial charge on any atom is 0.351 e. The molecule has 2 aliphatic rings. The van der Waals surface area contributed by atoms with E-state index in [1.165, 1.54) is 6.07 Å². The highest BCUT2D eigenvalue weighted by molar-refractivity contribution is 7.99. The molecule has 1 saturated heterocycles. The Kier molecular flexibility index (Phi) is 5.28. The molecule has 4 rings (SSSR count). The molecule has 11 heteroatoms. The largest absolute Gasteiger partial charge is 0.492 e. The molecule has 1 fully saturated rings. The minimum absolute atomic E-state index is 0.0794. The number of carbonyl (C=O) groups excluding carboxylic acids is 1. The van der Waals surface area contributed by atoms with Crippen molar-refractivity contribution in [1.29, 1.82) is 0 Å². The third-order valence-electron chi connectivity index (χ3n) is 4.51. The SMILES string of the molecule is O=C(Nc1ccn(C2OC(CO)CC2(F)F)c(=O)n1)c1ccc2c(c1)OCCS2. The quantitative estimate of drug-likeness (QED) is 0.771. The molecule has 1 aromatic carbocycles. The first-order valence-corrected chi connectivity index (χ1v) is 9.80. The van der Waals surface area contributed by atoms with E-state index >= 15 is 0 Å². The summed E-state index contributed by atoms with van der Waals surface area (Å²) in [6.45, 7) is -0.0288. The molecule has 0 radical (unpaired) electrons. The first kappa shape index (κ1) is 19.8. The number of aliphatic hydroxyl groups is 1. The summed E-state index contributed by atoms with van der Waals surface area (Å²) < 4.78 is 39.4. The minimum atomic E-state index is -3.33. The van der Waals surface area contributed by atoms with Gasteiger partial charge in [-0.2, -0.15) is 4.98 Å². The van der Waals surface area contributed by atoms with Crippen molar-refractivity contribution in [2.75, 3.05) is 24.3 Å². The van der Waals surface area contributed by atoms with Crippen LogP contribution in [-0.4, -0.2) is 51.6 Å². The Balaban J connectivity index is 1.51. The summed E-state index contributed by atoms with van der Waals surface area (Å²) in [6, 6.07) is 6.23. The van der Waals surface area contributed by atoms with Gasteiger partial charge in [0.25, 0.3) is 11.8 Å². The lowest BCUT2D eigenvalue weighted by Crippen LogP contribution is -2.35. The first-order valence-electron chi connectivity index (χ1n) is 8.82. The van der Waals surface area contributed by atoms with Gasteiger partial charge in [0.1, 0.15) is 11.6 Å². The molecule has 0 aliphatic carbocycles. The number of hydrogen-bond donors (Lipinski definition) is 2. The molecule has 2 aliphatic heterocycles. The molecule has 3 heterocycles. The number of thioether (sulfide) groups is 1. The summed E-state index contributed by atoms with van der Waals surface area (Å²) in [6.07, 6.45) is -2.54. The molecular weight excluding hydrogens is 408 g/mol. The highest BCUT2D eigenvalue weighted by Gasteiger charge is 2.51. The number of nitrogens with zero attached hydrogens (tertiary/aromatic N) is 2. The smallest absolute Gasteiger partial charge is 0.351 e. The summed E-state index contributed by atoms with van der Waals surface area (Å²) >= 11 is 1.63. The number of hydrogen-bond acceptors (Lipinski definition) is 7. The molecule has 154 valence electrons. The van der Waals surface area contributed by atoms with E-state index in [0.717, 1.165) is 16.8 Å². The van der Waals surface area contributed by atoms with Crippen LogP contribution >= 0.6 is 11.8 Å². The van der Waals surface area contributed by atoms with E-state index in [9.17, 15) is 18.4 Å². The van der Waals surface area contributed by atoms with E-state index in [0.29, 0.717) is 22.5 Å². The molecule has 0 bridgehead atoms. The van der Waals surface area contributed by atoms with Crippen LogP contribution in [0.1, 0.15) is 23.0 Å². The third kappa shape index (κ3) is 3.98. The number of halogens is 2. The van der Waals surface area contributed by atoms with Gasteiger partial charge in [-0.15, -0.1) is 11.8 Å². The second-order valence-corrected chi connectivity index (χ2v) is 7.71. The van der Waals surface area contributed by atoms with Crippen LogP contribution in [0.3, 0.4) is 0 Å². The number of benzene rings is 1. The van der Waals surface area contributed by atoms with Gasteiger partial charge in [0.05, 0.1) is 19.3 Å².